The van der Waals surface area contributed by atoms with E-state index in [-0.39, 0.29) is 11.8 Å². The number of carbonyl (C=O) groups is 2. The fourth-order valence-electron chi connectivity index (χ4n) is 2.86. The summed E-state index contributed by atoms with van der Waals surface area (Å²) >= 11 is 0. The van der Waals surface area contributed by atoms with Gasteiger partial charge in [-0.15, -0.1) is 0 Å². The number of hydrogen-bond donors (Lipinski definition) is 1. The first kappa shape index (κ1) is 11.4. The Balaban J connectivity index is 1.81. The van der Waals surface area contributed by atoms with Gasteiger partial charge in [-0.3, -0.25) is 14.5 Å². The van der Waals surface area contributed by atoms with Crippen LogP contribution in [0, 0.1) is 5.41 Å². The molecule has 94 valence electrons. The van der Waals surface area contributed by atoms with E-state index in [2.05, 4.69) is 5.32 Å². The van der Waals surface area contributed by atoms with Gasteiger partial charge in [0, 0.05) is 13.0 Å². The van der Waals surface area contributed by atoms with Gasteiger partial charge in [0.2, 0.25) is 11.8 Å². The third kappa shape index (κ3) is 1.73. The lowest BCUT2D eigenvalue weighted by molar-refractivity contribution is -0.141. The third-order valence-corrected chi connectivity index (χ3v) is 3.92. The molecular weight excluding hydrogens is 228 g/mol. The molecule has 1 N–H and O–H groups in total. The van der Waals surface area contributed by atoms with Crippen molar-refractivity contribution in [2.75, 3.05) is 13.1 Å². The Morgan fingerprint density at radius 3 is 2.67 bits per heavy atom. The van der Waals surface area contributed by atoms with Crippen molar-refractivity contribution in [3.05, 3.63) is 35.9 Å². The number of nitrogens with one attached hydrogen (secondary N) is 1. The number of amides is 2. The van der Waals surface area contributed by atoms with E-state index in [0.717, 1.165) is 18.5 Å². The van der Waals surface area contributed by atoms with E-state index >= 15 is 0 Å². The largest absolute Gasteiger partial charge is 0.316 e. The van der Waals surface area contributed by atoms with Crippen molar-refractivity contribution >= 4 is 11.8 Å². The minimum absolute atomic E-state index is 0.00125. The number of nitrogens with zero attached hydrogens (tertiary/aromatic N) is 1. The highest BCUT2D eigenvalue weighted by Gasteiger charge is 2.52. The Bertz CT molecular complexity index is 478. The fourth-order valence-corrected chi connectivity index (χ4v) is 2.86. The van der Waals surface area contributed by atoms with E-state index in [1.54, 1.807) is 0 Å². The topological polar surface area (TPSA) is 49.4 Å². The van der Waals surface area contributed by atoms with Crippen LogP contribution < -0.4 is 5.32 Å². The molecule has 18 heavy (non-hydrogen) atoms. The van der Waals surface area contributed by atoms with E-state index in [0.29, 0.717) is 19.5 Å². The average molecular weight is 244 g/mol. The number of rotatable bonds is 2. The van der Waals surface area contributed by atoms with Crippen LogP contribution in [0.15, 0.2) is 30.3 Å². The van der Waals surface area contributed by atoms with Gasteiger partial charge in [-0.25, -0.2) is 0 Å². The van der Waals surface area contributed by atoms with Crippen LogP contribution >= 0.6 is 0 Å². The fraction of sp³-hybridized carbons (Fsp3) is 0.429. The smallest absolute Gasteiger partial charge is 0.237 e. The molecule has 2 saturated heterocycles. The van der Waals surface area contributed by atoms with Crippen molar-refractivity contribution < 1.29 is 9.59 Å². The van der Waals surface area contributed by atoms with Crippen molar-refractivity contribution in [3.63, 3.8) is 0 Å². The van der Waals surface area contributed by atoms with Gasteiger partial charge in [0.25, 0.3) is 0 Å². The molecule has 3 rings (SSSR count). The molecule has 0 aromatic heterocycles. The molecule has 1 atom stereocenters. The lowest BCUT2D eigenvalue weighted by Gasteiger charge is -2.20. The van der Waals surface area contributed by atoms with Gasteiger partial charge < -0.3 is 5.32 Å². The van der Waals surface area contributed by atoms with Gasteiger partial charge in [-0.05, 0) is 18.5 Å². The Hall–Kier alpha value is -1.68. The molecule has 2 aliphatic rings. The number of imide groups is 1. The highest BCUT2D eigenvalue weighted by molar-refractivity contribution is 6.06. The summed E-state index contributed by atoms with van der Waals surface area (Å²) < 4.78 is 0. The summed E-state index contributed by atoms with van der Waals surface area (Å²) in [6.07, 6.45) is 1.15. The van der Waals surface area contributed by atoms with Crippen molar-refractivity contribution in [1.29, 1.82) is 0 Å². The molecule has 0 radical (unpaired) electrons. The van der Waals surface area contributed by atoms with E-state index in [1.807, 2.05) is 30.3 Å². The molecule has 0 aliphatic carbocycles. The summed E-state index contributed by atoms with van der Waals surface area (Å²) in [7, 11) is 0. The predicted octanol–water partition coefficient (Wildman–Crippen LogP) is 0.925. The van der Waals surface area contributed by atoms with Crippen LogP contribution in [0.1, 0.15) is 18.4 Å². The normalized spacial score (nSPS) is 27.4. The molecule has 2 heterocycles. The molecule has 1 spiro atoms. The van der Waals surface area contributed by atoms with Crippen molar-refractivity contribution in [3.8, 4) is 0 Å². The quantitative estimate of drug-likeness (QED) is 0.787. The zero-order valence-corrected chi connectivity index (χ0v) is 10.2. The van der Waals surface area contributed by atoms with E-state index in [1.165, 1.54) is 4.90 Å². The average Bonchev–Trinajstić information content (AvgIpc) is 2.93. The summed E-state index contributed by atoms with van der Waals surface area (Å²) in [5.74, 6) is -0.0334. The maximum absolute atomic E-state index is 12.4. The summed E-state index contributed by atoms with van der Waals surface area (Å²) in [5.41, 5.74) is 0.550. The lowest BCUT2D eigenvalue weighted by Crippen LogP contribution is -2.36. The zero-order valence-electron chi connectivity index (χ0n) is 10.2. The van der Waals surface area contributed by atoms with Gasteiger partial charge in [0.15, 0.2) is 0 Å². The minimum Gasteiger partial charge on any atom is -0.316 e. The number of likely N-dealkylation sites (tertiary alicyclic amines) is 1. The monoisotopic (exact) mass is 244 g/mol. The molecule has 0 bridgehead atoms. The van der Waals surface area contributed by atoms with Gasteiger partial charge >= 0.3 is 0 Å². The van der Waals surface area contributed by atoms with Crippen molar-refractivity contribution in [2.24, 2.45) is 5.41 Å². The maximum Gasteiger partial charge on any atom is 0.237 e. The summed E-state index contributed by atoms with van der Waals surface area (Å²) in [5, 5.41) is 3.19. The van der Waals surface area contributed by atoms with Crippen LogP contribution in [-0.4, -0.2) is 29.8 Å². The third-order valence-electron chi connectivity index (χ3n) is 3.92. The molecule has 2 amide bonds. The van der Waals surface area contributed by atoms with Crippen LogP contribution in [0.25, 0.3) is 0 Å². The lowest BCUT2D eigenvalue weighted by atomic mass is 9.85. The van der Waals surface area contributed by atoms with Gasteiger partial charge in [-0.2, -0.15) is 0 Å². The number of hydrogen-bond acceptors (Lipinski definition) is 3. The molecule has 1 aromatic carbocycles. The molecule has 0 unspecified atom stereocenters. The SMILES string of the molecule is O=C1C[C@]2(CCNC2)C(=O)N1Cc1ccccc1. The van der Waals surface area contributed by atoms with Gasteiger partial charge in [-0.1, -0.05) is 30.3 Å². The Morgan fingerprint density at radius 1 is 1.22 bits per heavy atom. The first-order valence-electron chi connectivity index (χ1n) is 6.31. The van der Waals surface area contributed by atoms with Gasteiger partial charge in [0.1, 0.15) is 0 Å². The van der Waals surface area contributed by atoms with Crippen LogP contribution in [0.5, 0.6) is 0 Å². The molecule has 0 saturated carbocycles. The Labute approximate surface area is 106 Å². The van der Waals surface area contributed by atoms with E-state index in [4.69, 9.17) is 0 Å². The van der Waals surface area contributed by atoms with Crippen molar-refractivity contribution in [2.45, 2.75) is 19.4 Å². The molecule has 4 nitrogen and oxygen atoms in total. The molecule has 2 aliphatic heterocycles. The Morgan fingerprint density at radius 2 is 2.00 bits per heavy atom. The Kier molecular flexibility index (Phi) is 2.67. The second kappa shape index (κ2) is 4.21. The standard InChI is InChI=1S/C14H16N2O2/c17-12-8-14(6-7-15-10-14)13(18)16(12)9-11-4-2-1-3-5-11/h1-5,15H,6-10H2/t14-/m0/s1. The highest BCUT2D eigenvalue weighted by Crippen LogP contribution is 2.38. The van der Waals surface area contributed by atoms with Crippen molar-refractivity contribution in [1.82, 2.24) is 10.2 Å². The zero-order chi connectivity index (χ0) is 12.6. The summed E-state index contributed by atoms with van der Waals surface area (Å²) in [6, 6.07) is 9.66. The van der Waals surface area contributed by atoms with Crippen LogP contribution in [0.4, 0.5) is 0 Å². The minimum atomic E-state index is -0.453. The second-order valence-electron chi connectivity index (χ2n) is 5.15. The van der Waals surface area contributed by atoms with Crippen LogP contribution in [-0.2, 0) is 16.1 Å². The first-order valence-corrected chi connectivity index (χ1v) is 6.31. The summed E-state index contributed by atoms with van der Waals surface area (Å²) in [4.78, 5) is 25.9. The first-order chi connectivity index (χ1) is 8.71. The van der Waals surface area contributed by atoms with E-state index in [9.17, 15) is 9.59 Å². The van der Waals surface area contributed by atoms with Gasteiger partial charge in [0.05, 0.1) is 12.0 Å². The van der Waals surface area contributed by atoms with E-state index < -0.39 is 5.41 Å². The predicted molar refractivity (Wildman–Crippen MR) is 66.5 cm³/mol. The molecular formula is C14H16N2O2. The summed E-state index contributed by atoms with van der Waals surface area (Å²) in [6.45, 7) is 1.88. The second-order valence-corrected chi connectivity index (χ2v) is 5.15. The molecule has 1 aromatic rings. The number of benzene rings is 1. The maximum atomic E-state index is 12.4. The molecule has 2 fully saturated rings. The number of carbonyl (C=O) groups excluding carboxylic acids is 2. The van der Waals surface area contributed by atoms with Crippen LogP contribution in [0.2, 0.25) is 0 Å². The highest BCUT2D eigenvalue weighted by atomic mass is 16.2. The van der Waals surface area contributed by atoms with Crippen LogP contribution in [0.3, 0.4) is 0 Å². The molecule has 4 heteroatoms.